The normalized spacial score (nSPS) is 18.9. The molecule has 1 heterocycles. The first kappa shape index (κ1) is 12.5. The molecule has 2 aliphatic rings. The van der Waals surface area contributed by atoms with Crippen molar-refractivity contribution in [3.8, 4) is 5.75 Å². The van der Waals surface area contributed by atoms with E-state index in [1.54, 1.807) is 6.07 Å². The van der Waals surface area contributed by atoms with Crippen molar-refractivity contribution in [2.45, 2.75) is 25.8 Å². The average molecular weight is 278 g/mol. The summed E-state index contributed by atoms with van der Waals surface area (Å²) in [6.07, 6.45) is 4.30. The van der Waals surface area contributed by atoms with Crippen LogP contribution in [-0.2, 0) is 4.79 Å². The molecule has 1 aromatic rings. The minimum absolute atomic E-state index is 0.0370. The van der Waals surface area contributed by atoms with Gasteiger partial charge in [-0.15, -0.1) is 0 Å². The fourth-order valence-electron chi connectivity index (χ4n) is 2.29. The molecule has 0 saturated heterocycles. The predicted octanol–water partition coefficient (Wildman–Crippen LogP) is 3.03. The van der Waals surface area contributed by atoms with E-state index in [9.17, 15) is 4.79 Å². The number of amides is 1. The monoisotopic (exact) mass is 277 g/mol. The van der Waals surface area contributed by atoms with Crippen LogP contribution in [0.4, 0.5) is 0 Å². The maximum Gasteiger partial charge on any atom is 0.250 e. The molecule has 0 aromatic heterocycles. The number of carbonyl (C=O) groups is 1. The first-order chi connectivity index (χ1) is 9.13. The molecule has 0 spiro atoms. The average Bonchev–Trinajstić information content (AvgIpc) is 3.22. The molecular weight excluding hydrogens is 262 g/mol. The highest BCUT2D eigenvalue weighted by Crippen LogP contribution is 2.33. The van der Waals surface area contributed by atoms with Gasteiger partial charge >= 0.3 is 0 Å². The van der Waals surface area contributed by atoms with Crippen LogP contribution in [0.3, 0.4) is 0 Å². The molecule has 3 nitrogen and oxygen atoms in total. The number of benzene rings is 1. The third-order valence-electron chi connectivity index (χ3n) is 3.66. The topological polar surface area (TPSA) is 38.3 Å². The summed E-state index contributed by atoms with van der Waals surface area (Å²) >= 11 is 5.95. The van der Waals surface area contributed by atoms with Crippen LogP contribution in [0.15, 0.2) is 23.8 Å². The highest BCUT2D eigenvalue weighted by molar-refractivity contribution is 6.30. The van der Waals surface area contributed by atoms with Crippen molar-refractivity contribution < 1.29 is 9.53 Å². The van der Waals surface area contributed by atoms with Crippen molar-refractivity contribution in [2.75, 3.05) is 6.61 Å². The number of hydrogen-bond donors (Lipinski definition) is 1. The lowest BCUT2D eigenvalue weighted by atomic mass is 10.1. The van der Waals surface area contributed by atoms with Gasteiger partial charge in [-0.05, 0) is 50.0 Å². The molecule has 1 N–H and O–H groups in total. The van der Waals surface area contributed by atoms with E-state index in [0.717, 1.165) is 11.3 Å². The van der Waals surface area contributed by atoms with Gasteiger partial charge in [0.25, 0.3) is 5.91 Å². The zero-order chi connectivity index (χ0) is 13.4. The summed E-state index contributed by atoms with van der Waals surface area (Å²) in [7, 11) is 0. The zero-order valence-corrected chi connectivity index (χ0v) is 11.5. The van der Waals surface area contributed by atoms with E-state index < -0.39 is 0 Å². The van der Waals surface area contributed by atoms with Crippen molar-refractivity contribution in [1.82, 2.24) is 5.32 Å². The zero-order valence-electron chi connectivity index (χ0n) is 10.8. The van der Waals surface area contributed by atoms with E-state index in [1.807, 2.05) is 18.2 Å². The fourth-order valence-corrected chi connectivity index (χ4v) is 2.47. The van der Waals surface area contributed by atoms with Gasteiger partial charge < -0.3 is 10.1 Å². The second kappa shape index (κ2) is 4.89. The number of halogens is 1. The van der Waals surface area contributed by atoms with Crippen LogP contribution in [0.2, 0.25) is 5.02 Å². The molecule has 0 bridgehead atoms. The van der Waals surface area contributed by atoms with Crippen LogP contribution in [0.5, 0.6) is 5.75 Å². The Morgan fingerprint density at radius 1 is 1.47 bits per heavy atom. The van der Waals surface area contributed by atoms with E-state index in [0.29, 0.717) is 23.1 Å². The number of fused-ring (bicyclic) bond motifs is 1. The van der Waals surface area contributed by atoms with Gasteiger partial charge in [0.1, 0.15) is 12.4 Å². The number of ether oxygens (including phenoxy) is 1. The van der Waals surface area contributed by atoms with Crippen molar-refractivity contribution >= 4 is 23.6 Å². The molecule has 1 amide bonds. The summed E-state index contributed by atoms with van der Waals surface area (Å²) in [5.74, 6) is 1.39. The fraction of sp³-hybridized carbons (Fsp3) is 0.400. The van der Waals surface area contributed by atoms with Crippen molar-refractivity contribution in [2.24, 2.45) is 5.92 Å². The van der Waals surface area contributed by atoms with E-state index in [1.165, 1.54) is 12.8 Å². The second-order valence-corrected chi connectivity index (χ2v) is 5.68. The second-order valence-electron chi connectivity index (χ2n) is 5.24. The smallest absolute Gasteiger partial charge is 0.250 e. The van der Waals surface area contributed by atoms with Gasteiger partial charge in [-0.1, -0.05) is 11.6 Å². The van der Waals surface area contributed by atoms with Crippen LogP contribution in [0.25, 0.3) is 6.08 Å². The third-order valence-corrected chi connectivity index (χ3v) is 3.90. The molecule has 1 aliphatic carbocycles. The minimum atomic E-state index is -0.0370. The Hall–Kier alpha value is -1.48. The Labute approximate surface area is 117 Å². The molecule has 1 aromatic carbocycles. The van der Waals surface area contributed by atoms with Crippen molar-refractivity contribution in [3.63, 3.8) is 0 Å². The highest BCUT2D eigenvalue weighted by Gasteiger charge is 2.29. The molecule has 100 valence electrons. The summed E-state index contributed by atoms with van der Waals surface area (Å²) in [6.45, 7) is 2.38. The van der Waals surface area contributed by atoms with Crippen LogP contribution >= 0.6 is 11.6 Å². The number of rotatable bonds is 3. The molecule has 1 unspecified atom stereocenters. The standard InChI is InChI=1S/C15H16ClNO2/c1-9(10-2-3-10)17-15(18)12-6-11-7-13(16)4-5-14(11)19-8-12/h4-7,9-10H,2-3,8H2,1H3,(H,17,18). The van der Waals surface area contributed by atoms with Gasteiger partial charge in [-0.3, -0.25) is 4.79 Å². The molecule has 1 aliphatic heterocycles. The number of nitrogens with one attached hydrogen (secondary N) is 1. The summed E-state index contributed by atoms with van der Waals surface area (Å²) in [5.41, 5.74) is 1.52. The van der Waals surface area contributed by atoms with E-state index in [4.69, 9.17) is 16.3 Å². The lowest BCUT2D eigenvalue weighted by molar-refractivity contribution is -0.118. The van der Waals surface area contributed by atoms with Gasteiger partial charge in [0.2, 0.25) is 0 Å². The Kier molecular flexibility index (Phi) is 3.23. The van der Waals surface area contributed by atoms with Crippen molar-refractivity contribution in [1.29, 1.82) is 0 Å². The summed E-state index contributed by atoms with van der Waals surface area (Å²) in [5, 5.41) is 3.68. The largest absolute Gasteiger partial charge is 0.488 e. The Balaban J connectivity index is 1.76. The lowest BCUT2D eigenvalue weighted by Crippen LogP contribution is -2.36. The van der Waals surface area contributed by atoms with E-state index in [2.05, 4.69) is 12.2 Å². The van der Waals surface area contributed by atoms with Crippen LogP contribution in [-0.4, -0.2) is 18.6 Å². The molecule has 0 radical (unpaired) electrons. The van der Waals surface area contributed by atoms with Crippen LogP contribution in [0.1, 0.15) is 25.3 Å². The van der Waals surface area contributed by atoms with Gasteiger partial charge in [-0.2, -0.15) is 0 Å². The first-order valence-corrected chi connectivity index (χ1v) is 6.95. The van der Waals surface area contributed by atoms with E-state index in [-0.39, 0.29) is 11.9 Å². The minimum Gasteiger partial charge on any atom is -0.488 e. The predicted molar refractivity (Wildman–Crippen MR) is 75.3 cm³/mol. The Morgan fingerprint density at radius 2 is 2.26 bits per heavy atom. The van der Waals surface area contributed by atoms with Gasteiger partial charge in [0.05, 0.1) is 5.57 Å². The summed E-state index contributed by atoms with van der Waals surface area (Å²) in [4.78, 5) is 12.1. The Morgan fingerprint density at radius 3 is 3.00 bits per heavy atom. The Bertz CT molecular complexity index is 549. The van der Waals surface area contributed by atoms with Crippen LogP contribution in [0, 0.1) is 5.92 Å². The SMILES string of the molecule is CC(NC(=O)C1=Cc2cc(Cl)ccc2OC1)C1CC1. The molecule has 1 saturated carbocycles. The first-order valence-electron chi connectivity index (χ1n) is 6.57. The highest BCUT2D eigenvalue weighted by atomic mass is 35.5. The molecule has 1 atom stereocenters. The molecule has 4 heteroatoms. The molecular formula is C15H16ClNO2. The number of carbonyl (C=O) groups excluding carboxylic acids is 1. The van der Waals surface area contributed by atoms with Crippen LogP contribution < -0.4 is 10.1 Å². The van der Waals surface area contributed by atoms with E-state index >= 15 is 0 Å². The van der Waals surface area contributed by atoms with Crippen molar-refractivity contribution in [3.05, 3.63) is 34.4 Å². The molecule has 3 rings (SSSR count). The molecule has 19 heavy (non-hydrogen) atoms. The molecule has 1 fully saturated rings. The summed E-state index contributed by atoms with van der Waals surface area (Å²) in [6, 6.07) is 5.67. The third kappa shape index (κ3) is 2.76. The van der Waals surface area contributed by atoms with Gasteiger partial charge in [0, 0.05) is 16.6 Å². The number of hydrogen-bond acceptors (Lipinski definition) is 2. The summed E-state index contributed by atoms with van der Waals surface area (Å²) < 4.78 is 5.58. The van der Waals surface area contributed by atoms with Gasteiger partial charge in [0.15, 0.2) is 0 Å². The quantitative estimate of drug-likeness (QED) is 0.922. The lowest BCUT2D eigenvalue weighted by Gasteiger charge is -2.19. The maximum atomic E-state index is 12.1. The van der Waals surface area contributed by atoms with Gasteiger partial charge in [-0.25, -0.2) is 0 Å². The maximum absolute atomic E-state index is 12.1.